The van der Waals surface area contributed by atoms with Crippen molar-refractivity contribution < 1.29 is 14.7 Å². The summed E-state index contributed by atoms with van der Waals surface area (Å²) in [7, 11) is 0. The normalized spacial score (nSPS) is 16.6. The Hall–Kier alpha value is -2.00. The van der Waals surface area contributed by atoms with Crippen LogP contribution in [0.15, 0.2) is 52.6 Å². The molecule has 3 heteroatoms. The van der Waals surface area contributed by atoms with Gasteiger partial charge in [-0.2, -0.15) is 0 Å². The molecule has 0 radical (unpaired) electrons. The van der Waals surface area contributed by atoms with Crippen LogP contribution >= 0.6 is 0 Å². The maximum absolute atomic E-state index is 12.9. The number of ketones is 2. The van der Waals surface area contributed by atoms with E-state index in [0.29, 0.717) is 22.3 Å². The molecule has 1 N–H and O–H groups in total. The van der Waals surface area contributed by atoms with Gasteiger partial charge in [0.15, 0.2) is 11.6 Å². The quantitative estimate of drug-likeness (QED) is 0.559. The number of rotatable bonds is 8. The molecule has 1 aromatic carbocycles. The summed E-state index contributed by atoms with van der Waals surface area (Å²) in [6.45, 7) is 5.50. The summed E-state index contributed by atoms with van der Waals surface area (Å²) in [5.74, 6) is -0.0399. The number of benzene rings is 1. The van der Waals surface area contributed by atoms with Gasteiger partial charge in [-0.05, 0) is 39.2 Å². The molecule has 0 aliphatic heterocycles. The van der Waals surface area contributed by atoms with Crippen LogP contribution in [0.1, 0.15) is 64.4 Å². The second-order valence-corrected chi connectivity index (χ2v) is 6.84. The van der Waals surface area contributed by atoms with Gasteiger partial charge in [0.05, 0.1) is 0 Å². The van der Waals surface area contributed by atoms with Gasteiger partial charge in [-0.25, -0.2) is 0 Å². The zero-order valence-electron chi connectivity index (χ0n) is 15.5. The highest BCUT2D eigenvalue weighted by atomic mass is 16.2. The zero-order valence-corrected chi connectivity index (χ0v) is 15.5. The molecule has 0 bridgehead atoms. The predicted molar refractivity (Wildman–Crippen MR) is 100 cm³/mol. The van der Waals surface area contributed by atoms with Crippen LogP contribution in [0.4, 0.5) is 0 Å². The summed E-state index contributed by atoms with van der Waals surface area (Å²) in [4.78, 5) is 25.5. The molecular weight excluding hydrogens is 312 g/mol. The lowest BCUT2D eigenvalue weighted by Crippen LogP contribution is -2.24. The molecule has 0 saturated carbocycles. The first-order valence-corrected chi connectivity index (χ1v) is 9.12. The molecule has 1 aliphatic rings. The van der Waals surface area contributed by atoms with Crippen molar-refractivity contribution in [3.63, 3.8) is 0 Å². The average molecular weight is 340 g/mol. The van der Waals surface area contributed by atoms with Crippen LogP contribution < -0.4 is 0 Å². The molecule has 0 fully saturated rings. The van der Waals surface area contributed by atoms with Crippen LogP contribution in [0.3, 0.4) is 0 Å². The van der Waals surface area contributed by atoms with Crippen molar-refractivity contribution in [1.82, 2.24) is 0 Å². The molecule has 25 heavy (non-hydrogen) atoms. The second-order valence-electron chi connectivity index (χ2n) is 6.84. The molecule has 134 valence electrons. The number of carbonyl (C=O) groups excluding carboxylic acids is 2. The van der Waals surface area contributed by atoms with Gasteiger partial charge in [0, 0.05) is 34.8 Å². The number of allylic oxidation sites excluding steroid dienone is 4. The van der Waals surface area contributed by atoms with E-state index in [-0.39, 0.29) is 24.1 Å². The van der Waals surface area contributed by atoms with Gasteiger partial charge in [-0.3, -0.25) is 9.59 Å². The lowest BCUT2D eigenvalue weighted by atomic mass is 9.76. The third-order valence-corrected chi connectivity index (χ3v) is 5.18. The van der Waals surface area contributed by atoms with E-state index in [1.807, 2.05) is 30.3 Å². The van der Waals surface area contributed by atoms with Crippen molar-refractivity contribution in [2.45, 2.75) is 58.8 Å². The summed E-state index contributed by atoms with van der Waals surface area (Å²) < 4.78 is 0. The number of hydrogen-bond acceptors (Lipinski definition) is 3. The first kappa shape index (κ1) is 19.3. The van der Waals surface area contributed by atoms with Gasteiger partial charge < -0.3 is 5.11 Å². The third kappa shape index (κ3) is 4.35. The number of carbonyl (C=O) groups is 2. The summed E-state index contributed by atoms with van der Waals surface area (Å²) in [6.07, 6.45) is 4.64. The first-order valence-electron chi connectivity index (χ1n) is 9.12. The van der Waals surface area contributed by atoms with E-state index in [1.165, 1.54) is 0 Å². The van der Waals surface area contributed by atoms with Crippen LogP contribution in [0.2, 0.25) is 0 Å². The smallest absolute Gasteiger partial charge is 0.186 e. The molecule has 0 spiro atoms. The fourth-order valence-electron chi connectivity index (χ4n) is 3.51. The predicted octanol–water partition coefficient (Wildman–Crippen LogP) is 4.52. The lowest BCUT2D eigenvalue weighted by Gasteiger charge is -2.26. The van der Waals surface area contributed by atoms with E-state index >= 15 is 0 Å². The summed E-state index contributed by atoms with van der Waals surface area (Å²) >= 11 is 0. The Balaban J connectivity index is 2.32. The highest BCUT2D eigenvalue weighted by Crippen LogP contribution is 2.37. The third-order valence-electron chi connectivity index (χ3n) is 5.18. The Morgan fingerprint density at radius 3 is 2.04 bits per heavy atom. The SMILES string of the molecule is CC1=C(C)C(=O)C(C(CCCCCCO)c2ccccc2)=C(C)C1=O. The molecule has 0 saturated heterocycles. The van der Waals surface area contributed by atoms with Crippen LogP contribution in [-0.4, -0.2) is 23.3 Å². The lowest BCUT2D eigenvalue weighted by molar-refractivity contribution is -0.116. The number of aliphatic hydroxyl groups excluding tert-OH is 1. The summed E-state index contributed by atoms with van der Waals surface area (Å²) in [6, 6.07) is 10.0. The van der Waals surface area contributed by atoms with E-state index in [0.717, 1.165) is 37.7 Å². The van der Waals surface area contributed by atoms with Gasteiger partial charge in [-0.15, -0.1) is 0 Å². The molecule has 1 unspecified atom stereocenters. The monoisotopic (exact) mass is 340 g/mol. The number of Topliss-reactive ketones (excluding diaryl/α,β-unsaturated/α-hetero) is 2. The van der Waals surface area contributed by atoms with Crippen LogP contribution in [-0.2, 0) is 9.59 Å². The Morgan fingerprint density at radius 1 is 0.800 bits per heavy atom. The average Bonchev–Trinajstić information content (AvgIpc) is 2.64. The minimum atomic E-state index is -0.0465. The molecule has 0 amide bonds. The van der Waals surface area contributed by atoms with Gasteiger partial charge in [-0.1, -0.05) is 49.6 Å². The van der Waals surface area contributed by atoms with Crippen LogP contribution in [0, 0.1) is 0 Å². The van der Waals surface area contributed by atoms with Gasteiger partial charge >= 0.3 is 0 Å². The Morgan fingerprint density at radius 2 is 1.40 bits per heavy atom. The highest BCUT2D eigenvalue weighted by Gasteiger charge is 2.32. The fourth-order valence-corrected chi connectivity index (χ4v) is 3.51. The number of hydrogen-bond donors (Lipinski definition) is 1. The van der Waals surface area contributed by atoms with Crippen LogP contribution in [0.5, 0.6) is 0 Å². The van der Waals surface area contributed by atoms with E-state index in [9.17, 15) is 9.59 Å². The standard InChI is InChI=1S/C22H28O3/c1-15-16(2)22(25)20(17(3)21(15)24)19(13-9-4-5-10-14-23)18-11-7-6-8-12-18/h6-8,11-12,19,23H,4-5,9-10,13-14H2,1-3H3. The zero-order chi connectivity index (χ0) is 18.4. The van der Waals surface area contributed by atoms with Crippen LogP contribution in [0.25, 0.3) is 0 Å². The Labute approximate surface area is 150 Å². The fraction of sp³-hybridized carbons (Fsp3) is 0.455. The minimum absolute atomic E-state index is 0.00619. The van der Waals surface area contributed by atoms with Gasteiger partial charge in [0.1, 0.15) is 0 Å². The van der Waals surface area contributed by atoms with E-state index in [1.54, 1.807) is 20.8 Å². The number of unbranched alkanes of at least 4 members (excludes halogenated alkanes) is 3. The van der Waals surface area contributed by atoms with Crippen molar-refractivity contribution in [2.24, 2.45) is 0 Å². The van der Waals surface area contributed by atoms with Crippen molar-refractivity contribution in [3.05, 3.63) is 58.2 Å². The van der Waals surface area contributed by atoms with E-state index in [4.69, 9.17) is 5.11 Å². The summed E-state index contributed by atoms with van der Waals surface area (Å²) in [5.41, 5.74) is 3.50. The molecule has 1 aliphatic carbocycles. The Kier molecular flexibility index (Phi) is 6.89. The molecule has 0 aromatic heterocycles. The van der Waals surface area contributed by atoms with E-state index in [2.05, 4.69) is 0 Å². The molecule has 0 heterocycles. The van der Waals surface area contributed by atoms with Crippen molar-refractivity contribution in [1.29, 1.82) is 0 Å². The molecule has 1 aromatic rings. The summed E-state index contributed by atoms with van der Waals surface area (Å²) in [5, 5.41) is 8.91. The number of aliphatic hydroxyl groups is 1. The van der Waals surface area contributed by atoms with Gasteiger partial charge in [0.2, 0.25) is 0 Å². The maximum atomic E-state index is 12.9. The topological polar surface area (TPSA) is 54.4 Å². The van der Waals surface area contributed by atoms with Crippen molar-refractivity contribution in [3.8, 4) is 0 Å². The van der Waals surface area contributed by atoms with Crippen molar-refractivity contribution >= 4 is 11.6 Å². The van der Waals surface area contributed by atoms with Crippen molar-refractivity contribution in [2.75, 3.05) is 6.61 Å². The maximum Gasteiger partial charge on any atom is 0.186 e. The first-order chi connectivity index (χ1) is 12.0. The minimum Gasteiger partial charge on any atom is -0.396 e. The molecule has 1 atom stereocenters. The highest BCUT2D eigenvalue weighted by molar-refractivity contribution is 6.25. The Bertz CT molecular complexity index is 695. The molecule has 3 nitrogen and oxygen atoms in total. The van der Waals surface area contributed by atoms with Gasteiger partial charge in [0.25, 0.3) is 0 Å². The largest absolute Gasteiger partial charge is 0.396 e. The molecular formula is C22H28O3. The second kappa shape index (κ2) is 8.91. The molecule has 2 rings (SSSR count). The van der Waals surface area contributed by atoms with E-state index < -0.39 is 0 Å².